The Morgan fingerprint density at radius 2 is 2.16 bits per heavy atom. The molecule has 0 radical (unpaired) electrons. The zero-order valence-corrected chi connectivity index (χ0v) is 15.1. The molecular weight excluding hydrogens is 360 g/mol. The Labute approximate surface area is 155 Å². The number of carbonyl (C=O) groups is 2. The molecule has 2 N–H and O–H groups in total. The largest absolute Gasteiger partial charge is 0.479 e. The van der Waals surface area contributed by atoms with Crippen molar-refractivity contribution in [1.82, 2.24) is 0 Å². The van der Waals surface area contributed by atoms with Gasteiger partial charge in [-0.2, -0.15) is 0 Å². The van der Waals surface area contributed by atoms with Crippen LogP contribution in [0.25, 0.3) is 0 Å². The Bertz CT molecular complexity index is 813. The van der Waals surface area contributed by atoms with Gasteiger partial charge in [0.25, 0.3) is 5.91 Å². The fourth-order valence-electron chi connectivity index (χ4n) is 2.37. The Morgan fingerprint density at radius 3 is 2.96 bits per heavy atom. The van der Waals surface area contributed by atoms with Crippen LogP contribution in [0.4, 0.5) is 11.4 Å². The molecule has 25 heavy (non-hydrogen) atoms. The van der Waals surface area contributed by atoms with E-state index in [1.807, 2.05) is 24.3 Å². The van der Waals surface area contributed by atoms with Crippen LogP contribution in [-0.2, 0) is 15.3 Å². The smallest absolute Gasteiger partial charge is 0.265 e. The summed E-state index contributed by atoms with van der Waals surface area (Å²) in [6, 6.07) is 12.8. The van der Waals surface area contributed by atoms with Crippen LogP contribution in [0.15, 0.2) is 42.5 Å². The van der Waals surface area contributed by atoms with Crippen LogP contribution in [0.1, 0.15) is 12.5 Å². The van der Waals surface area contributed by atoms with Crippen molar-refractivity contribution in [3.8, 4) is 5.75 Å². The third kappa shape index (κ3) is 4.67. The van der Waals surface area contributed by atoms with Crippen LogP contribution in [0.3, 0.4) is 0 Å². The number of benzene rings is 2. The zero-order valence-electron chi connectivity index (χ0n) is 13.5. The number of carbonyl (C=O) groups excluding carboxylic acids is 2. The second kappa shape index (κ2) is 7.80. The minimum atomic E-state index is -0.518. The van der Waals surface area contributed by atoms with Crippen molar-refractivity contribution in [2.75, 3.05) is 16.4 Å². The lowest BCUT2D eigenvalue weighted by atomic mass is 10.2. The molecule has 1 heterocycles. The van der Waals surface area contributed by atoms with Gasteiger partial charge in [0.1, 0.15) is 5.75 Å². The molecule has 3 rings (SSSR count). The Kier molecular flexibility index (Phi) is 5.50. The standard InChI is InChI=1S/C18H17ClN2O3S/c1-11-18(23)21-15-8-14(5-6-16(15)24-11)20-17(22)10-25-9-12-3-2-4-13(19)7-12/h2-8,11H,9-10H2,1H3,(H,20,22)(H,21,23)/t11-/m0/s1. The highest BCUT2D eigenvalue weighted by Crippen LogP contribution is 2.32. The number of fused-ring (bicyclic) bond motifs is 1. The Hall–Kier alpha value is -2.18. The molecule has 2 amide bonds. The number of rotatable bonds is 5. The van der Waals surface area contributed by atoms with Crippen LogP contribution in [0.2, 0.25) is 5.02 Å². The highest BCUT2D eigenvalue weighted by atomic mass is 35.5. The van der Waals surface area contributed by atoms with E-state index >= 15 is 0 Å². The Morgan fingerprint density at radius 1 is 1.32 bits per heavy atom. The highest BCUT2D eigenvalue weighted by Gasteiger charge is 2.23. The van der Waals surface area contributed by atoms with Crippen molar-refractivity contribution < 1.29 is 14.3 Å². The van der Waals surface area contributed by atoms with Crippen LogP contribution in [-0.4, -0.2) is 23.7 Å². The lowest BCUT2D eigenvalue weighted by molar-refractivity contribution is -0.122. The average Bonchev–Trinajstić information content (AvgIpc) is 2.56. The summed E-state index contributed by atoms with van der Waals surface area (Å²) in [4.78, 5) is 23.7. The fraction of sp³-hybridized carbons (Fsp3) is 0.222. The molecule has 2 aromatic rings. The molecule has 0 fully saturated rings. The van der Waals surface area contributed by atoms with Gasteiger partial charge in [0.05, 0.1) is 11.4 Å². The molecule has 0 aromatic heterocycles. The van der Waals surface area contributed by atoms with Gasteiger partial charge >= 0.3 is 0 Å². The third-order valence-electron chi connectivity index (χ3n) is 3.59. The second-order valence-electron chi connectivity index (χ2n) is 5.63. The van der Waals surface area contributed by atoms with Crippen molar-refractivity contribution in [3.63, 3.8) is 0 Å². The summed E-state index contributed by atoms with van der Waals surface area (Å²) in [7, 11) is 0. The number of hydrogen-bond acceptors (Lipinski definition) is 4. The molecule has 130 valence electrons. The number of hydrogen-bond donors (Lipinski definition) is 2. The van der Waals surface area contributed by atoms with Crippen molar-refractivity contribution in [1.29, 1.82) is 0 Å². The fourth-order valence-corrected chi connectivity index (χ4v) is 3.36. The average molecular weight is 377 g/mol. The van der Waals surface area contributed by atoms with E-state index in [1.54, 1.807) is 25.1 Å². The van der Waals surface area contributed by atoms with E-state index in [9.17, 15) is 9.59 Å². The molecule has 5 nitrogen and oxygen atoms in total. The number of ether oxygens (including phenoxy) is 1. The molecule has 1 aliphatic rings. The first kappa shape index (κ1) is 17.6. The maximum Gasteiger partial charge on any atom is 0.265 e. The number of amides is 2. The lowest BCUT2D eigenvalue weighted by Crippen LogP contribution is -2.34. The predicted octanol–water partition coefficient (Wildman–Crippen LogP) is 3.93. The van der Waals surface area contributed by atoms with Crippen LogP contribution in [0, 0.1) is 0 Å². The van der Waals surface area contributed by atoms with Gasteiger partial charge < -0.3 is 15.4 Å². The van der Waals surface area contributed by atoms with E-state index in [0.717, 1.165) is 5.56 Å². The zero-order chi connectivity index (χ0) is 17.8. The van der Waals surface area contributed by atoms with E-state index in [1.165, 1.54) is 11.8 Å². The lowest BCUT2D eigenvalue weighted by Gasteiger charge is -2.23. The van der Waals surface area contributed by atoms with Gasteiger partial charge in [-0.1, -0.05) is 23.7 Å². The molecule has 0 saturated carbocycles. The Balaban J connectivity index is 1.53. The second-order valence-corrected chi connectivity index (χ2v) is 7.05. The van der Waals surface area contributed by atoms with Crippen LogP contribution in [0.5, 0.6) is 5.75 Å². The van der Waals surface area contributed by atoms with Gasteiger partial charge in [0, 0.05) is 16.5 Å². The molecule has 0 bridgehead atoms. The number of thioether (sulfide) groups is 1. The monoisotopic (exact) mass is 376 g/mol. The van der Waals surface area contributed by atoms with Gasteiger partial charge in [-0.15, -0.1) is 11.8 Å². The summed E-state index contributed by atoms with van der Waals surface area (Å²) in [5, 5.41) is 6.27. The number of nitrogens with one attached hydrogen (secondary N) is 2. The topological polar surface area (TPSA) is 67.4 Å². The van der Waals surface area contributed by atoms with E-state index < -0.39 is 6.10 Å². The van der Waals surface area contributed by atoms with E-state index in [2.05, 4.69) is 10.6 Å². The van der Waals surface area contributed by atoms with Gasteiger partial charge in [-0.3, -0.25) is 9.59 Å². The third-order valence-corrected chi connectivity index (χ3v) is 4.82. The van der Waals surface area contributed by atoms with Crippen LogP contribution >= 0.6 is 23.4 Å². The SMILES string of the molecule is C[C@@H]1Oc2ccc(NC(=O)CSCc3cccc(Cl)c3)cc2NC1=O. The molecule has 0 unspecified atom stereocenters. The summed E-state index contributed by atoms with van der Waals surface area (Å²) < 4.78 is 5.49. The number of halogens is 1. The summed E-state index contributed by atoms with van der Waals surface area (Å²) in [5.74, 6) is 1.32. The van der Waals surface area contributed by atoms with Gasteiger partial charge in [-0.05, 0) is 42.8 Å². The molecule has 0 saturated heterocycles. The maximum atomic E-state index is 12.1. The molecule has 0 aliphatic carbocycles. The molecule has 7 heteroatoms. The van der Waals surface area contributed by atoms with Crippen LogP contribution < -0.4 is 15.4 Å². The molecule has 0 spiro atoms. The predicted molar refractivity (Wildman–Crippen MR) is 101 cm³/mol. The summed E-state index contributed by atoms with van der Waals surface area (Å²) in [5.41, 5.74) is 2.26. The summed E-state index contributed by atoms with van der Waals surface area (Å²) in [6.45, 7) is 1.69. The van der Waals surface area contributed by atoms with Gasteiger partial charge in [-0.25, -0.2) is 0 Å². The maximum absolute atomic E-state index is 12.1. The van der Waals surface area contributed by atoms with Crippen molar-refractivity contribution in [3.05, 3.63) is 53.1 Å². The van der Waals surface area contributed by atoms with E-state index in [0.29, 0.717) is 33.7 Å². The van der Waals surface area contributed by atoms with E-state index in [-0.39, 0.29) is 11.8 Å². The molecule has 1 aliphatic heterocycles. The van der Waals surface area contributed by atoms with Crippen molar-refractivity contribution in [2.24, 2.45) is 0 Å². The normalized spacial score (nSPS) is 15.8. The van der Waals surface area contributed by atoms with Crippen molar-refractivity contribution >= 4 is 46.6 Å². The first-order chi connectivity index (χ1) is 12.0. The molecule has 1 atom stereocenters. The first-order valence-corrected chi connectivity index (χ1v) is 9.28. The van der Waals surface area contributed by atoms with Crippen molar-refractivity contribution in [2.45, 2.75) is 18.8 Å². The minimum Gasteiger partial charge on any atom is -0.479 e. The summed E-state index contributed by atoms with van der Waals surface area (Å²) >= 11 is 7.45. The molecular formula is C18H17ClN2O3S. The summed E-state index contributed by atoms with van der Waals surface area (Å²) in [6.07, 6.45) is -0.518. The van der Waals surface area contributed by atoms with Gasteiger partial charge in [0.2, 0.25) is 5.91 Å². The number of anilines is 2. The molecule has 2 aromatic carbocycles. The first-order valence-electron chi connectivity index (χ1n) is 7.75. The minimum absolute atomic E-state index is 0.108. The van der Waals surface area contributed by atoms with E-state index in [4.69, 9.17) is 16.3 Å². The van der Waals surface area contributed by atoms with Gasteiger partial charge in [0.15, 0.2) is 6.10 Å². The highest BCUT2D eigenvalue weighted by molar-refractivity contribution is 7.99. The quantitative estimate of drug-likeness (QED) is 0.829.